The van der Waals surface area contributed by atoms with Crippen LogP contribution < -0.4 is 5.73 Å². The first-order valence-electron chi connectivity index (χ1n) is 4.98. The van der Waals surface area contributed by atoms with Gasteiger partial charge in [0.1, 0.15) is 5.82 Å². The minimum absolute atomic E-state index is 0.0486. The largest absolute Gasteiger partial charge is 0.464 e. The minimum Gasteiger partial charge on any atom is -0.464 e. The van der Waals surface area contributed by atoms with Crippen molar-refractivity contribution in [3.05, 3.63) is 34.1 Å². The molecule has 2 atom stereocenters. The molecule has 6 heteroatoms. The van der Waals surface area contributed by atoms with Gasteiger partial charge in [-0.15, -0.1) is 0 Å². The van der Waals surface area contributed by atoms with Crippen LogP contribution in [-0.4, -0.2) is 18.7 Å². The van der Waals surface area contributed by atoms with E-state index in [1.807, 2.05) is 0 Å². The first-order chi connectivity index (χ1) is 7.97. The molecular weight excluding hydrogens is 296 g/mol. The normalized spacial score (nSPS) is 14.2. The molecular formula is C11H12BrF2NO2. The summed E-state index contributed by atoms with van der Waals surface area (Å²) in [6.45, 7) is 1.60. The average Bonchev–Trinajstić information content (AvgIpc) is 2.30. The second-order valence-corrected chi connectivity index (χ2v) is 4.26. The molecule has 0 radical (unpaired) electrons. The van der Waals surface area contributed by atoms with Crippen LogP contribution in [0.25, 0.3) is 0 Å². The number of carbonyl (C=O) groups is 1. The fourth-order valence-electron chi connectivity index (χ4n) is 1.30. The Morgan fingerprint density at radius 2 is 2.24 bits per heavy atom. The number of ether oxygens (including phenoxy) is 1. The van der Waals surface area contributed by atoms with Crippen LogP contribution in [0.1, 0.15) is 18.5 Å². The van der Waals surface area contributed by atoms with Crippen LogP contribution in [0.15, 0.2) is 22.7 Å². The van der Waals surface area contributed by atoms with E-state index in [9.17, 15) is 13.6 Å². The Morgan fingerprint density at radius 3 is 2.82 bits per heavy atom. The predicted molar refractivity (Wildman–Crippen MR) is 62.6 cm³/mol. The quantitative estimate of drug-likeness (QED) is 0.870. The summed E-state index contributed by atoms with van der Waals surface area (Å²) in [6.07, 6.45) is -2.08. The van der Waals surface area contributed by atoms with Gasteiger partial charge in [-0.2, -0.15) is 0 Å². The van der Waals surface area contributed by atoms with E-state index in [-0.39, 0.29) is 12.2 Å². The number of halogens is 3. The smallest absolute Gasteiger partial charge is 0.342 e. The SMILES string of the molecule is CCOC(=O)C(F)[C@H](N)c1cc(Br)ccc1F. The van der Waals surface area contributed by atoms with Crippen LogP contribution in [0.5, 0.6) is 0 Å². The molecule has 0 aliphatic heterocycles. The Bertz CT molecular complexity index is 414. The molecule has 0 amide bonds. The maximum absolute atomic E-state index is 13.6. The number of hydrogen-bond acceptors (Lipinski definition) is 3. The molecule has 0 aromatic heterocycles. The van der Waals surface area contributed by atoms with Crippen LogP contribution in [0, 0.1) is 5.82 Å². The summed E-state index contributed by atoms with van der Waals surface area (Å²) in [6, 6.07) is 2.57. The van der Waals surface area contributed by atoms with Crippen LogP contribution >= 0.6 is 15.9 Å². The first kappa shape index (κ1) is 14.1. The van der Waals surface area contributed by atoms with Gasteiger partial charge in [0.15, 0.2) is 0 Å². The van der Waals surface area contributed by atoms with Gasteiger partial charge in [-0.05, 0) is 25.1 Å². The van der Waals surface area contributed by atoms with Crippen molar-refractivity contribution in [3.8, 4) is 0 Å². The fourth-order valence-corrected chi connectivity index (χ4v) is 1.67. The van der Waals surface area contributed by atoms with Gasteiger partial charge in [-0.3, -0.25) is 0 Å². The zero-order chi connectivity index (χ0) is 13.0. The van der Waals surface area contributed by atoms with Crippen molar-refractivity contribution in [3.63, 3.8) is 0 Å². The summed E-state index contributed by atoms with van der Waals surface area (Å²) < 4.78 is 32.0. The lowest BCUT2D eigenvalue weighted by Crippen LogP contribution is -2.32. The van der Waals surface area contributed by atoms with Crippen LogP contribution in [0.2, 0.25) is 0 Å². The Hall–Kier alpha value is -1.01. The van der Waals surface area contributed by atoms with Crippen molar-refractivity contribution >= 4 is 21.9 Å². The van der Waals surface area contributed by atoms with E-state index in [1.54, 1.807) is 6.92 Å². The zero-order valence-electron chi connectivity index (χ0n) is 9.12. The molecule has 17 heavy (non-hydrogen) atoms. The molecule has 0 saturated heterocycles. The summed E-state index contributed by atoms with van der Waals surface area (Å²) >= 11 is 3.12. The molecule has 0 fully saturated rings. The molecule has 1 aromatic carbocycles. The molecule has 0 spiro atoms. The first-order valence-corrected chi connectivity index (χ1v) is 5.78. The van der Waals surface area contributed by atoms with E-state index < -0.39 is 24.0 Å². The van der Waals surface area contributed by atoms with Gasteiger partial charge in [0.2, 0.25) is 6.17 Å². The van der Waals surface area contributed by atoms with Crippen molar-refractivity contribution in [2.75, 3.05) is 6.61 Å². The summed E-state index contributed by atoms with van der Waals surface area (Å²) in [5, 5.41) is 0. The van der Waals surface area contributed by atoms with Crippen LogP contribution in [-0.2, 0) is 9.53 Å². The maximum atomic E-state index is 13.6. The van der Waals surface area contributed by atoms with Gasteiger partial charge in [0.05, 0.1) is 12.6 Å². The highest BCUT2D eigenvalue weighted by Gasteiger charge is 2.29. The van der Waals surface area contributed by atoms with Crippen molar-refractivity contribution in [2.45, 2.75) is 19.1 Å². The second-order valence-electron chi connectivity index (χ2n) is 3.35. The van der Waals surface area contributed by atoms with Gasteiger partial charge in [0, 0.05) is 10.0 Å². The highest BCUT2D eigenvalue weighted by molar-refractivity contribution is 9.10. The Morgan fingerprint density at radius 1 is 1.59 bits per heavy atom. The average molecular weight is 308 g/mol. The van der Waals surface area contributed by atoms with Crippen molar-refractivity contribution in [1.82, 2.24) is 0 Å². The number of rotatable bonds is 4. The minimum atomic E-state index is -2.08. The number of carbonyl (C=O) groups excluding carboxylic acids is 1. The lowest BCUT2D eigenvalue weighted by atomic mass is 10.0. The number of benzene rings is 1. The lowest BCUT2D eigenvalue weighted by molar-refractivity contribution is -0.149. The van der Waals surface area contributed by atoms with E-state index in [1.165, 1.54) is 12.1 Å². The predicted octanol–water partition coefficient (Wildman–Crippen LogP) is 2.49. The molecule has 0 saturated carbocycles. The number of hydrogen-bond donors (Lipinski definition) is 1. The monoisotopic (exact) mass is 307 g/mol. The molecule has 94 valence electrons. The standard InChI is InChI=1S/C11H12BrF2NO2/c1-2-17-11(16)9(14)10(15)7-5-6(12)3-4-8(7)13/h3-5,9-10H,2,15H2,1H3/t9?,10-/m1/s1. The Labute approximate surface area is 106 Å². The summed E-state index contributed by atoms with van der Waals surface area (Å²) in [5.41, 5.74) is 5.43. The topological polar surface area (TPSA) is 52.3 Å². The van der Waals surface area contributed by atoms with Gasteiger partial charge in [-0.1, -0.05) is 15.9 Å². The Balaban J connectivity index is 2.91. The summed E-state index contributed by atoms with van der Waals surface area (Å²) in [7, 11) is 0. The fraction of sp³-hybridized carbons (Fsp3) is 0.364. The van der Waals surface area contributed by atoms with Crippen molar-refractivity contribution in [2.24, 2.45) is 5.73 Å². The summed E-state index contributed by atoms with van der Waals surface area (Å²) in [4.78, 5) is 11.1. The number of esters is 1. The summed E-state index contributed by atoms with van der Waals surface area (Å²) in [5.74, 6) is -1.74. The zero-order valence-corrected chi connectivity index (χ0v) is 10.7. The Kier molecular flexibility index (Phi) is 5.02. The number of nitrogens with two attached hydrogens (primary N) is 1. The van der Waals surface area contributed by atoms with E-state index in [2.05, 4.69) is 20.7 Å². The molecule has 1 unspecified atom stereocenters. The van der Waals surface area contributed by atoms with Gasteiger partial charge >= 0.3 is 5.97 Å². The molecule has 1 aromatic rings. The maximum Gasteiger partial charge on any atom is 0.342 e. The van der Waals surface area contributed by atoms with Crippen LogP contribution in [0.4, 0.5) is 8.78 Å². The van der Waals surface area contributed by atoms with Gasteiger partial charge in [0.25, 0.3) is 0 Å². The molecule has 0 heterocycles. The van der Waals surface area contributed by atoms with E-state index >= 15 is 0 Å². The molecule has 3 nitrogen and oxygen atoms in total. The molecule has 0 aliphatic rings. The van der Waals surface area contributed by atoms with Crippen molar-refractivity contribution in [1.29, 1.82) is 0 Å². The van der Waals surface area contributed by atoms with E-state index in [4.69, 9.17) is 5.73 Å². The van der Waals surface area contributed by atoms with Crippen molar-refractivity contribution < 1.29 is 18.3 Å². The highest BCUT2D eigenvalue weighted by Crippen LogP contribution is 2.24. The van der Waals surface area contributed by atoms with Gasteiger partial charge in [-0.25, -0.2) is 13.6 Å². The third kappa shape index (κ3) is 3.47. The molecule has 0 bridgehead atoms. The molecule has 0 aliphatic carbocycles. The molecule has 2 N–H and O–H groups in total. The molecule has 1 rings (SSSR count). The number of alkyl halides is 1. The second kappa shape index (κ2) is 6.07. The third-order valence-electron chi connectivity index (χ3n) is 2.14. The third-order valence-corrected chi connectivity index (χ3v) is 2.64. The van der Waals surface area contributed by atoms with Crippen LogP contribution in [0.3, 0.4) is 0 Å². The highest BCUT2D eigenvalue weighted by atomic mass is 79.9. The van der Waals surface area contributed by atoms with E-state index in [0.717, 1.165) is 6.07 Å². The lowest BCUT2D eigenvalue weighted by Gasteiger charge is -2.16. The van der Waals surface area contributed by atoms with Gasteiger partial charge < -0.3 is 10.5 Å². The van der Waals surface area contributed by atoms with E-state index in [0.29, 0.717) is 4.47 Å².